The Hall–Kier alpha value is -4.19. The minimum absolute atomic E-state index is 0.266. The Balaban J connectivity index is 1.46. The standard InChI is InChI=1S/C30H30N2O4/c1-18(8-6-10-25-29(2,3)21-16-19(27(33)34)12-14-23(21)31-25)9-7-11-26-30(4,5)22-17-20(28(35)36)13-15-24(22)32-26/h6-17,31H,1-5H3,(H,33,34)(H,35,36). The zero-order valence-corrected chi connectivity index (χ0v) is 21.1. The molecule has 0 saturated heterocycles. The maximum absolute atomic E-state index is 11.4. The number of aromatic carboxylic acids is 2. The van der Waals surface area contributed by atoms with Gasteiger partial charge >= 0.3 is 11.9 Å². The first-order valence-corrected chi connectivity index (χ1v) is 11.8. The SMILES string of the molecule is CC(C=CC=C1Nc2ccc(C(=O)O)cc2C1(C)C)=CC=CC1=Nc2ccc(C(=O)O)cc2C1(C)C. The van der Waals surface area contributed by atoms with Gasteiger partial charge in [0, 0.05) is 22.2 Å². The number of nitrogens with one attached hydrogen (secondary N) is 1. The van der Waals surface area contributed by atoms with Crippen LogP contribution in [0, 0.1) is 0 Å². The molecule has 3 N–H and O–H groups in total. The molecule has 0 atom stereocenters. The van der Waals surface area contributed by atoms with Crippen LogP contribution in [0.3, 0.4) is 0 Å². The summed E-state index contributed by atoms with van der Waals surface area (Å²) in [5.74, 6) is -1.87. The van der Waals surface area contributed by atoms with Crippen LogP contribution in [0.25, 0.3) is 0 Å². The molecule has 0 radical (unpaired) electrons. The molecule has 0 aliphatic carbocycles. The molecule has 2 heterocycles. The molecular weight excluding hydrogens is 452 g/mol. The van der Waals surface area contributed by atoms with Crippen molar-refractivity contribution in [3.8, 4) is 0 Å². The van der Waals surface area contributed by atoms with E-state index >= 15 is 0 Å². The molecule has 184 valence electrons. The predicted molar refractivity (Wildman–Crippen MR) is 144 cm³/mol. The van der Waals surface area contributed by atoms with Gasteiger partial charge in [0.1, 0.15) is 0 Å². The number of allylic oxidation sites excluding steroid dienone is 8. The Morgan fingerprint density at radius 2 is 1.53 bits per heavy atom. The summed E-state index contributed by atoms with van der Waals surface area (Å²) in [6.07, 6.45) is 11.9. The number of carboxylic acids is 2. The van der Waals surface area contributed by atoms with Crippen molar-refractivity contribution in [2.45, 2.75) is 45.4 Å². The molecule has 2 aromatic carbocycles. The first kappa shape index (κ1) is 24.9. The van der Waals surface area contributed by atoms with Crippen LogP contribution in [0.15, 0.2) is 89.1 Å². The van der Waals surface area contributed by atoms with Crippen molar-refractivity contribution < 1.29 is 19.8 Å². The van der Waals surface area contributed by atoms with Gasteiger partial charge in [-0.3, -0.25) is 4.99 Å². The van der Waals surface area contributed by atoms with Crippen LogP contribution in [-0.4, -0.2) is 27.9 Å². The summed E-state index contributed by atoms with van der Waals surface area (Å²) in [4.78, 5) is 27.4. The van der Waals surface area contributed by atoms with Crippen molar-refractivity contribution >= 4 is 29.0 Å². The first-order chi connectivity index (χ1) is 16.9. The number of nitrogens with zero attached hydrogens (tertiary/aromatic N) is 1. The minimum atomic E-state index is -0.942. The van der Waals surface area contributed by atoms with E-state index in [9.17, 15) is 19.8 Å². The molecule has 6 nitrogen and oxygen atoms in total. The van der Waals surface area contributed by atoms with E-state index in [2.05, 4.69) is 19.2 Å². The second-order valence-corrected chi connectivity index (χ2v) is 10.2. The number of hydrogen-bond donors (Lipinski definition) is 3. The lowest BCUT2D eigenvalue weighted by Gasteiger charge is -2.20. The van der Waals surface area contributed by atoms with E-state index in [-0.39, 0.29) is 22.0 Å². The smallest absolute Gasteiger partial charge is 0.335 e. The number of carbonyl (C=O) groups is 2. The zero-order valence-electron chi connectivity index (χ0n) is 21.1. The van der Waals surface area contributed by atoms with Gasteiger partial charge in [0.25, 0.3) is 0 Å². The number of rotatable bonds is 6. The first-order valence-electron chi connectivity index (χ1n) is 11.8. The third-order valence-electron chi connectivity index (χ3n) is 6.92. The summed E-state index contributed by atoms with van der Waals surface area (Å²) >= 11 is 0. The van der Waals surface area contributed by atoms with Crippen LogP contribution >= 0.6 is 0 Å². The van der Waals surface area contributed by atoms with Gasteiger partial charge in [0.2, 0.25) is 0 Å². The maximum atomic E-state index is 11.4. The highest BCUT2D eigenvalue weighted by atomic mass is 16.4. The highest BCUT2D eigenvalue weighted by molar-refractivity contribution is 6.09. The van der Waals surface area contributed by atoms with E-state index in [0.29, 0.717) is 0 Å². The molecule has 36 heavy (non-hydrogen) atoms. The van der Waals surface area contributed by atoms with E-state index in [4.69, 9.17) is 4.99 Å². The van der Waals surface area contributed by atoms with Crippen molar-refractivity contribution in [1.82, 2.24) is 0 Å². The lowest BCUT2D eigenvalue weighted by atomic mass is 9.81. The summed E-state index contributed by atoms with van der Waals surface area (Å²) in [5.41, 5.74) is 6.38. The average molecular weight is 483 g/mol. The number of aliphatic imine (C=N–C) groups is 1. The number of anilines is 1. The molecular formula is C30H30N2O4. The molecule has 0 unspecified atom stereocenters. The molecule has 0 saturated carbocycles. The molecule has 0 amide bonds. The molecule has 2 aliphatic rings. The van der Waals surface area contributed by atoms with Crippen LogP contribution in [0.5, 0.6) is 0 Å². The third kappa shape index (κ3) is 4.54. The van der Waals surface area contributed by atoms with Gasteiger partial charge in [-0.05, 0) is 66.6 Å². The van der Waals surface area contributed by atoms with Gasteiger partial charge in [-0.1, -0.05) is 57.6 Å². The van der Waals surface area contributed by atoms with Crippen LogP contribution in [0.4, 0.5) is 11.4 Å². The largest absolute Gasteiger partial charge is 0.478 e. The number of hydrogen-bond acceptors (Lipinski definition) is 4. The molecule has 0 fully saturated rings. The van der Waals surface area contributed by atoms with Crippen molar-refractivity contribution in [2.24, 2.45) is 4.99 Å². The Morgan fingerprint density at radius 1 is 0.889 bits per heavy atom. The summed E-state index contributed by atoms with van der Waals surface area (Å²) in [6, 6.07) is 10.2. The van der Waals surface area contributed by atoms with Crippen LogP contribution in [0.2, 0.25) is 0 Å². The van der Waals surface area contributed by atoms with Crippen LogP contribution < -0.4 is 5.32 Å². The van der Waals surface area contributed by atoms with E-state index in [1.54, 1.807) is 30.3 Å². The van der Waals surface area contributed by atoms with E-state index in [0.717, 1.165) is 39.5 Å². The summed E-state index contributed by atoms with van der Waals surface area (Å²) in [5, 5.41) is 22.0. The summed E-state index contributed by atoms with van der Waals surface area (Å²) in [7, 11) is 0. The highest BCUT2D eigenvalue weighted by Crippen LogP contribution is 2.44. The zero-order chi connectivity index (χ0) is 26.3. The quantitative estimate of drug-likeness (QED) is 0.394. The van der Waals surface area contributed by atoms with Crippen molar-refractivity contribution in [1.29, 1.82) is 0 Å². The molecule has 0 aromatic heterocycles. The second-order valence-electron chi connectivity index (χ2n) is 10.2. The van der Waals surface area contributed by atoms with E-state index < -0.39 is 11.9 Å². The molecule has 0 spiro atoms. The fourth-order valence-corrected chi connectivity index (χ4v) is 4.56. The van der Waals surface area contributed by atoms with Gasteiger partial charge in [0.15, 0.2) is 0 Å². The third-order valence-corrected chi connectivity index (χ3v) is 6.92. The monoisotopic (exact) mass is 482 g/mol. The van der Waals surface area contributed by atoms with Gasteiger partial charge in [0.05, 0.1) is 22.5 Å². The number of carboxylic acid groups (broad SMARTS) is 2. The van der Waals surface area contributed by atoms with Crippen molar-refractivity contribution in [3.05, 3.63) is 106 Å². The molecule has 2 aliphatic heterocycles. The average Bonchev–Trinajstić information content (AvgIpc) is 3.22. The molecule has 4 rings (SSSR count). The van der Waals surface area contributed by atoms with E-state index in [1.807, 2.05) is 63.3 Å². The molecule has 0 bridgehead atoms. The lowest BCUT2D eigenvalue weighted by Crippen LogP contribution is -2.24. The Bertz CT molecular complexity index is 1420. The van der Waals surface area contributed by atoms with Gasteiger partial charge in [-0.2, -0.15) is 0 Å². The Morgan fingerprint density at radius 3 is 2.19 bits per heavy atom. The molecule has 6 heteroatoms. The maximum Gasteiger partial charge on any atom is 0.335 e. The van der Waals surface area contributed by atoms with Gasteiger partial charge in [-0.25, -0.2) is 9.59 Å². The Labute approximate surface area is 211 Å². The van der Waals surface area contributed by atoms with Crippen LogP contribution in [-0.2, 0) is 10.8 Å². The van der Waals surface area contributed by atoms with Crippen molar-refractivity contribution in [3.63, 3.8) is 0 Å². The summed E-state index contributed by atoms with van der Waals surface area (Å²) in [6.45, 7) is 10.2. The van der Waals surface area contributed by atoms with Crippen molar-refractivity contribution in [2.75, 3.05) is 5.32 Å². The highest BCUT2D eigenvalue weighted by Gasteiger charge is 2.35. The fourth-order valence-electron chi connectivity index (χ4n) is 4.56. The number of fused-ring (bicyclic) bond motifs is 2. The minimum Gasteiger partial charge on any atom is -0.478 e. The summed E-state index contributed by atoms with van der Waals surface area (Å²) < 4.78 is 0. The van der Waals surface area contributed by atoms with Gasteiger partial charge in [-0.15, -0.1) is 0 Å². The molecule has 2 aromatic rings. The number of benzene rings is 2. The van der Waals surface area contributed by atoms with E-state index in [1.165, 1.54) is 0 Å². The predicted octanol–water partition coefficient (Wildman–Crippen LogP) is 6.79. The fraction of sp³-hybridized carbons (Fsp3) is 0.233. The lowest BCUT2D eigenvalue weighted by molar-refractivity contribution is 0.0686. The Kier molecular flexibility index (Phi) is 6.31. The van der Waals surface area contributed by atoms with Crippen LogP contribution in [0.1, 0.15) is 66.5 Å². The normalized spacial score (nSPS) is 18.9. The second kappa shape index (κ2) is 9.11. The van der Waals surface area contributed by atoms with Gasteiger partial charge < -0.3 is 15.5 Å². The topological polar surface area (TPSA) is 99.0 Å².